The second-order valence-electron chi connectivity index (χ2n) is 12.8. The van der Waals surface area contributed by atoms with Crippen molar-refractivity contribution in [1.82, 2.24) is 0 Å². The van der Waals surface area contributed by atoms with Crippen molar-refractivity contribution in [2.45, 2.75) is 105 Å². The Bertz CT molecular complexity index is 699. The normalized spacial score (nSPS) is 43.8. The monoisotopic (exact) mass is 444 g/mol. The zero-order valence-electron chi connectivity index (χ0n) is 21.6. The molecular formula is C29H48O3. The molecule has 3 nitrogen and oxygen atoms in total. The van der Waals surface area contributed by atoms with E-state index in [-0.39, 0.29) is 6.10 Å². The molecule has 4 aliphatic rings. The summed E-state index contributed by atoms with van der Waals surface area (Å²) in [6.45, 7) is 12.5. The highest BCUT2D eigenvalue weighted by Crippen LogP contribution is 2.67. The zero-order valence-corrected chi connectivity index (χ0v) is 21.6. The summed E-state index contributed by atoms with van der Waals surface area (Å²) in [4.78, 5) is 11.6. The Morgan fingerprint density at radius 1 is 0.969 bits per heavy atom. The fraction of sp³-hybridized carbons (Fsp3) is 0.897. The Balaban J connectivity index is 1.45. The lowest BCUT2D eigenvalue weighted by atomic mass is 9.46. The molecule has 0 spiro atoms. The Labute approximate surface area is 197 Å². The van der Waals surface area contributed by atoms with E-state index in [2.05, 4.69) is 46.8 Å². The molecule has 4 rings (SSSR count). The van der Waals surface area contributed by atoms with Gasteiger partial charge in [0.15, 0.2) is 0 Å². The van der Waals surface area contributed by atoms with Gasteiger partial charge in [0.2, 0.25) is 0 Å². The fourth-order valence-electron chi connectivity index (χ4n) is 8.90. The van der Waals surface area contributed by atoms with E-state index in [1.807, 2.05) is 0 Å². The van der Waals surface area contributed by atoms with E-state index in [9.17, 15) is 4.79 Å². The molecule has 3 heteroatoms. The van der Waals surface area contributed by atoms with Crippen molar-refractivity contribution in [2.75, 3.05) is 7.11 Å². The number of rotatable bonds is 6. The summed E-state index contributed by atoms with van der Waals surface area (Å²) in [5, 5.41) is 0. The molecule has 0 heterocycles. The Morgan fingerprint density at radius 3 is 2.41 bits per heavy atom. The minimum atomic E-state index is -0.524. The first kappa shape index (κ1) is 24.1. The Morgan fingerprint density at radius 2 is 1.69 bits per heavy atom. The molecule has 0 saturated heterocycles. The minimum absolute atomic E-state index is 0.0122. The quantitative estimate of drug-likeness (QED) is 0.307. The minimum Gasteiger partial charge on any atom is -0.438 e. The summed E-state index contributed by atoms with van der Waals surface area (Å²) < 4.78 is 10.3. The summed E-state index contributed by atoms with van der Waals surface area (Å²) in [5.74, 6) is 5.54. The van der Waals surface area contributed by atoms with Crippen molar-refractivity contribution in [3.8, 4) is 0 Å². The highest BCUT2D eigenvalue weighted by atomic mass is 16.7. The lowest BCUT2D eigenvalue weighted by Crippen LogP contribution is -2.52. The Hall–Kier alpha value is -0.990. The number of ether oxygens (including phenoxy) is 2. The SMILES string of the molecule is COC(=O)OC1CC[C@]2(C)C(C=C[C@@H]3[C@H]4CC[C@@H](C(C)CCCC(C)C)[C@]4(C)CC[C@H]32)C1. The Kier molecular flexibility index (Phi) is 7.04. The molecule has 0 N–H and O–H groups in total. The van der Waals surface area contributed by atoms with Crippen LogP contribution >= 0.6 is 0 Å². The maximum Gasteiger partial charge on any atom is 0.508 e. The number of allylic oxidation sites excluding steroid dienone is 2. The van der Waals surface area contributed by atoms with Gasteiger partial charge in [-0.3, -0.25) is 0 Å². The lowest BCUT2D eigenvalue weighted by Gasteiger charge is -2.59. The maximum atomic E-state index is 11.6. The van der Waals surface area contributed by atoms with E-state index in [0.29, 0.717) is 16.7 Å². The highest BCUT2D eigenvalue weighted by molar-refractivity contribution is 5.59. The molecule has 0 radical (unpaired) electrons. The first-order valence-corrected chi connectivity index (χ1v) is 13.6. The lowest BCUT2D eigenvalue weighted by molar-refractivity contribution is -0.0868. The van der Waals surface area contributed by atoms with Crippen LogP contribution in [0.3, 0.4) is 0 Å². The number of carbonyl (C=O) groups is 1. The van der Waals surface area contributed by atoms with E-state index >= 15 is 0 Å². The highest BCUT2D eigenvalue weighted by Gasteiger charge is 2.59. The van der Waals surface area contributed by atoms with Crippen molar-refractivity contribution in [3.05, 3.63) is 12.2 Å². The van der Waals surface area contributed by atoms with Crippen molar-refractivity contribution in [2.24, 2.45) is 52.3 Å². The molecule has 3 saturated carbocycles. The molecule has 0 bridgehead atoms. The largest absolute Gasteiger partial charge is 0.508 e. The third-order valence-corrected chi connectivity index (χ3v) is 10.7. The number of carbonyl (C=O) groups excluding carboxylic acids is 1. The molecule has 0 amide bonds. The third kappa shape index (κ3) is 4.27. The van der Waals surface area contributed by atoms with Gasteiger partial charge in [-0.2, -0.15) is 0 Å². The molecule has 0 aromatic heterocycles. The molecule has 0 aromatic rings. The standard InChI is InChI=1S/C29H48O3/c1-19(2)8-7-9-20(3)24-12-13-25-23-11-10-21-18-22(32-27(30)31-6)14-16-28(21,4)26(23)15-17-29(24,25)5/h10-11,19-26H,7-9,12-18H2,1-6H3/t20?,21?,22?,23-,24+,25-,26-,28-,29+/m1/s1. The first-order valence-electron chi connectivity index (χ1n) is 13.6. The predicted molar refractivity (Wildman–Crippen MR) is 130 cm³/mol. The first-order chi connectivity index (χ1) is 15.2. The number of fused-ring (bicyclic) bond motifs is 5. The van der Waals surface area contributed by atoms with Gasteiger partial charge in [0, 0.05) is 0 Å². The van der Waals surface area contributed by atoms with Crippen LogP contribution in [0.2, 0.25) is 0 Å². The molecule has 0 aromatic carbocycles. The van der Waals surface area contributed by atoms with Crippen LogP contribution in [0.5, 0.6) is 0 Å². The number of methoxy groups -OCH3 is 1. The predicted octanol–water partition coefficient (Wildman–Crippen LogP) is 8.04. The summed E-state index contributed by atoms with van der Waals surface area (Å²) in [6.07, 6.45) is 17.6. The van der Waals surface area contributed by atoms with E-state index < -0.39 is 6.16 Å². The third-order valence-electron chi connectivity index (χ3n) is 10.7. The van der Waals surface area contributed by atoms with Crippen molar-refractivity contribution in [1.29, 1.82) is 0 Å². The van der Waals surface area contributed by atoms with E-state index in [4.69, 9.17) is 9.47 Å². The van der Waals surface area contributed by atoms with Crippen molar-refractivity contribution in [3.63, 3.8) is 0 Å². The molecule has 32 heavy (non-hydrogen) atoms. The summed E-state index contributed by atoms with van der Waals surface area (Å²) >= 11 is 0. The van der Waals surface area contributed by atoms with Gasteiger partial charge >= 0.3 is 6.16 Å². The van der Waals surface area contributed by atoms with Gasteiger partial charge in [-0.25, -0.2) is 4.79 Å². The van der Waals surface area contributed by atoms with Gasteiger partial charge < -0.3 is 9.47 Å². The molecule has 4 aliphatic carbocycles. The molecular weight excluding hydrogens is 396 g/mol. The topological polar surface area (TPSA) is 35.5 Å². The van der Waals surface area contributed by atoms with Crippen molar-refractivity contribution < 1.29 is 14.3 Å². The van der Waals surface area contributed by atoms with Crippen LogP contribution in [0.15, 0.2) is 12.2 Å². The second-order valence-corrected chi connectivity index (χ2v) is 12.8. The van der Waals surface area contributed by atoms with Gasteiger partial charge in [-0.1, -0.05) is 66.0 Å². The average Bonchev–Trinajstić information content (AvgIpc) is 3.11. The van der Waals surface area contributed by atoms with Crippen LogP contribution in [0.25, 0.3) is 0 Å². The van der Waals surface area contributed by atoms with E-state index in [1.165, 1.54) is 58.5 Å². The molecule has 9 atom stereocenters. The number of hydrogen-bond donors (Lipinski definition) is 0. The number of hydrogen-bond acceptors (Lipinski definition) is 3. The molecule has 0 aliphatic heterocycles. The second kappa shape index (κ2) is 9.34. The van der Waals surface area contributed by atoms with Gasteiger partial charge in [0.1, 0.15) is 6.10 Å². The average molecular weight is 445 g/mol. The van der Waals surface area contributed by atoms with Gasteiger partial charge in [-0.05, 0) is 97.2 Å². The zero-order chi connectivity index (χ0) is 23.1. The smallest absolute Gasteiger partial charge is 0.438 e. The van der Waals surface area contributed by atoms with Gasteiger partial charge in [0.05, 0.1) is 7.11 Å². The van der Waals surface area contributed by atoms with Crippen LogP contribution in [-0.2, 0) is 9.47 Å². The summed E-state index contributed by atoms with van der Waals surface area (Å²) in [7, 11) is 1.40. The molecule has 3 fully saturated rings. The maximum absolute atomic E-state index is 11.6. The van der Waals surface area contributed by atoms with Crippen LogP contribution in [0.4, 0.5) is 4.79 Å². The van der Waals surface area contributed by atoms with Crippen molar-refractivity contribution >= 4 is 6.16 Å². The molecule has 3 unspecified atom stereocenters. The molecule has 182 valence electrons. The summed E-state index contributed by atoms with van der Waals surface area (Å²) in [5.41, 5.74) is 0.884. The van der Waals surface area contributed by atoms with Crippen LogP contribution < -0.4 is 0 Å². The van der Waals surface area contributed by atoms with Crippen LogP contribution in [0, 0.1) is 52.3 Å². The van der Waals surface area contributed by atoms with Crippen LogP contribution in [0.1, 0.15) is 98.8 Å². The van der Waals surface area contributed by atoms with Crippen LogP contribution in [-0.4, -0.2) is 19.4 Å². The fourth-order valence-corrected chi connectivity index (χ4v) is 8.90. The van der Waals surface area contributed by atoms with E-state index in [1.54, 1.807) is 0 Å². The van der Waals surface area contributed by atoms with Gasteiger partial charge in [-0.15, -0.1) is 0 Å². The van der Waals surface area contributed by atoms with E-state index in [0.717, 1.165) is 48.3 Å². The summed E-state index contributed by atoms with van der Waals surface area (Å²) in [6, 6.07) is 0. The van der Waals surface area contributed by atoms with Gasteiger partial charge in [0.25, 0.3) is 0 Å².